The predicted octanol–water partition coefficient (Wildman–Crippen LogP) is 1.39. The van der Waals surface area contributed by atoms with Gasteiger partial charge in [0.15, 0.2) is 0 Å². The third-order valence-electron chi connectivity index (χ3n) is 2.24. The van der Waals surface area contributed by atoms with Gasteiger partial charge in [-0.1, -0.05) is 19.9 Å². The summed E-state index contributed by atoms with van der Waals surface area (Å²) in [6, 6.07) is -0.234. The quantitative estimate of drug-likeness (QED) is 0.679. The van der Waals surface area contributed by atoms with Gasteiger partial charge in [0.05, 0.1) is 6.04 Å². The third-order valence-corrected chi connectivity index (χ3v) is 2.24. The molecule has 1 atom stereocenters. The molecule has 0 aliphatic rings. The fraction of sp³-hybridized carbons (Fsp3) is 0.727. The summed E-state index contributed by atoms with van der Waals surface area (Å²) in [6.07, 6.45) is 1.73. The largest absolute Gasteiger partial charge is 0.335 e. The van der Waals surface area contributed by atoms with Crippen molar-refractivity contribution in [3.05, 3.63) is 12.7 Å². The van der Waals surface area contributed by atoms with Gasteiger partial charge in [-0.15, -0.1) is 6.58 Å². The summed E-state index contributed by atoms with van der Waals surface area (Å²) in [7, 11) is 0. The van der Waals surface area contributed by atoms with Gasteiger partial charge in [0.2, 0.25) is 5.91 Å². The molecule has 0 saturated heterocycles. The Bertz CT molecular complexity index is 199. The lowest BCUT2D eigenvalue weighted by molar-refractivity contribution is -0.134. The first-order valence-corrected chi connectivity index (χ1v) is 5.08. The molecule has 0 aromatic rings. The Kier molecular flexibility index (Phi) is 5.46. The number of rotatable bonds is 5. The van der Waals surface area contributed by atoms with Crippen molar-refractivity contribution < 1.29 is 4.79 Å². The van der Waals surface area contributed by atoms with Gasteiger partial charge in [-0.3, -0.25) is 4.79 Å². The molecule has 3 nitrogen and oxygen atoms in total. The number of nitrogens with zero attached hydrogens (tertiary/aromatic N) is 1. The SMILES string of the molecule is C=CCN(C(=O)C(N)C(C)C)C(C)C. The fourth-order valence-corrected chi connectivity index (χ4v) is 1.17. The van der Waals surface area contributed by atoms with Crippen molar-refractivity contribution in [3.63, 3.8) is 0 Å². The molecule has 0 fully saturated rings. The van der Waals surface area contributed by atoms with E-state index >= 15 is 0 Å². The zero-order valence-corrected chi connectivity index (χ0v) is 9.66. The lowest BCUT2D eigenvalue weighted by Gasteiger charge is -2.29. The van der Waals surface area contributed by atoms with Gasteiger partial charge in [0.1, 0.15) is 0 Å². The topological polar surface area (TPSA) is 46.3 Å². The molecule has 0 saturated carbocycles. The van der Waals surface area contributed by atoms with Crippen molar-refractivity contribution in [1.82, 2.24) is 4.90 Å². The van der Waals surface area contributed by atoms with Crippen LogP contribution in [-0.2, 0) is 4.79 Å². The van der Waals surface area contributed by atoms with Crippen molar-refractivity contribution in [2.75, 3.05) is 6.54 Å². The van der Waals surface area contributed by atoms with Crippen LogP contribution in [0.2, 0.25) is 0 Å². The van der Waals surface area contributed by atoms with Crippen molar-refractivity contribution >= 4 is 5.91 Å². The van der Waals surface area contributed by atoms with Crippen molar-refractivity contribution in [1.29, 1.82) is 0 Å². The number of nitrogens with two attached hydrogens (primary N) is 1. The first kappa shape index (κ1) is 13.2. The van der Waals surface area contributed by atoms with E-state index < -0.39 is 6.04 Å². The van der Waals surface area contributed by atoms with Crippen LogP contribution in [0.25, 0.3) is 0 Å². The zero-order valence-electron chi connectivity index (χ0n) is 9.66. The molecule has 0 aromatic heterocycles. The summed E-state index contributed by atoms with van der Waals surface area (Å²) < 4.78 is 0. The van der Waals surface area contributed by atoms with E-state index in [1.165, 1.54) is 0 Å². The monoisotopic (exact) mass is 198 g/mol. The van der Waals surface area contributed by atoms with Crippen LogP contribution in [0.1, 0.15) is 27.7 Å². The van der Waals surface area contributed by atoms with Crippen molar-refractivity contribution in [2.45, 2.75) is 39.8 Å². The van der Waals surface area contributed by atoms with Gasteiger partial charge >= 0.3 is 0 Å². The molecule has 2 N–H and O–H groups in total. The molecule has 0 radical (unpaired) electrons. The molecule has 0 aliphatic carbocycles. The molecule has 3 heteroatoms. The molecular weight excluding hydrogens is 176 g/mol. The summed E-state index contributed by atoms with van der Waals surface area (Å²) in [5.41, 5.74) is 5.80. The molecule has 1 unspecified atom stereocenters. The van der Waals surface area contributed by atoms with E-state index in [0.29, 0.717) is 6.54 Å². The maximum Gasteiger partial charge on any atom is 0.240 e. The molecule has 0 bridgehead atoms. The smallest absolute Gasteiger partial charge is 0.240 e. The van der Waals surface area contributed by atoms with Gasteiger partial charge in [-0.2, -0.15) is 0 Å². The van der Waals surface area contributed by atoms with E-state index in [9.17, 15) is 4.79 Å². The van der Waals surface area contributed by atoms with Crippen LogP contribution >= 0.6 is 0 Å². The van der Waals surface area contributed by atoms with Gasteiger partial charge in [0.25, 0.3) is 0 Å². The van der Waals surface area contributed by atoms with Crippen molar-refractivity contribution in [2.24, 2.45) is 11.7 Å². The summed E-state index contributed by atoms with van der Waals surface area (Å²) >= 11 is 0. The highest BCUT2D eigenvalue weighted by atomic mass is 16.2. The van der Waals surface area contributed by atoms with Crippen LogP contribution in [-0.4, -0.2) is 29.4 Å². The van der Waals surface area contributed by atoms with Crippen LogP contribution in [0.4, 0.5) is 0 Å². The zero-order chi connectivity index (χ0) is 11.3. The molecule has 0 spiro atoms. The normalized spacial score (nSPS) is 13.1. The maximum absolute atomic E-state index is 11.9. The van der Waals surface area contributed by atoms with Gasteiger partial charge in [-0.25, -0.2) is 0 Å². The maximum atomic E-state index is 11.9. The summed E-state index contributed by atoms with van der Waals surface area (Å²) in [4.78, 5) is 13.6. The van der Waals surface area contributed by atoms with Crippen molar-refractivity contribution in [3.8, 4) is 0 Å². The number of amides is 1. The summed E-state index contributed by atoms with van der Waals surface area (Å²) in [5, 5.41) is 0. The molecule has 0 aliphatic heterocycles. The van der Waals surface area contributed by atoms with E-state index in [0.717, 1.165) is 0 Å². The minimum atomic E-state index is -0.405. The molecule has 82 valence electrons. The van der Waals surface area contributed by atoms with E-state index in [1.807, 2.05) is 27.7 Å². The number of carbonyl (C=O) groups is 1. The average Bonchev–Trinajstić information content (AvgIpc) is 2.11. The number of hydrogen-bond acceptors (Lipinski definition) is 2. The predicted molar refractivity (Wildman–Crippen MR) is 59.9 cm³/mol. The third kappa shape index (κ3) is 3.50. The minimum absolute atomic E-state index is 0.00917. The molecule has 0 aromatic carbocycles. The second kappa shape index (κ2) is 5.81. The average molecular weight is 198 g/mol. The summed E-state index contributed by atoms with van der Waals surface area (Å²) in [6.45, 7) is 12.1. The van der Waals surface area contributed by atoms with E-state index in [-0.39, 0.29) is 17.9 Å². The van der Waals surface area contributed by atoms with E-state index in [4.69, 9.17) is 5.73 Å². The van der Waals surface area contributed by atoms with Crippen LogP contribution in [0.3, 0.4) is 0 Å². The van der Waals surface area contributed by atoms with E-state index in [1.54, 1.807) is 11.0 Å². The molecule has 1 amide bonds. The highest BCUT2D eigenvalue weighted by molar-refractivity contribution is 5.82. The molecular formula is C11H22N2O. The summed E-state index contributed by atoms with van der Waals surface area (Å²) in [5.74, 6) is 0.184. The highest BCUT2D eigenvalue weighted by Gasteiger charge is 2.24. The lowest BCUT2D eigenvalue weighted by atomic mass is 10.0. The number of hydrogen-bond donors (Lipinski definition) is 1. The van der Waals surface area contributed by atoms with Gasteiger partial charge < -0.3 is 10.6 Å². The fourth-order valence-electron chi connectivity index (χ4n) is 1.17. The number of carbonyl (C=O) groups excluding carboxylic acids is 1. The van der Waals surface area contributed by atoms with Crippen LogP contribution in [0.15, 0.2) is 12.7 Å². The van der Waals surface area contributed by atoms with Crippen LogP contribution in [0, 0.1) is 5.92 Å². The second-order valence-electron chi connectivity index (χ2n) is 4.14. The Morgan fingerprint density at radius 2 is 1.93 bits per heavy atom. The Balaban J connectivity index is 4.50. The van der Waals surface area contributed by atoms with Gasteiger partial charge in [-0.05, 0) is 19.8 Å². The van der Waals surface area contributed by atoms with E-state index in [2.05, 4.69) is 6.58 Å². The first-order chi connectivity index (χ1) is 6.41. The Labute approximate surface area is 87.0 Å². The van der Waals surface area contributed by atoms with Gasteiger partial charge in [0, 0.05) is 12.6 Å². The standard InChI is InChI=1S/C11H22N2O/c1-6-7-13(9(4)5)11(14)10(12)8(2)3/h6,8-10H,1,7,12H2,2-5H3. The highest BCUT2D eigenvalue weighted by Crippen LogP contribution is 2.07. The van der Waals surface area contributed by atoms with Crippen LogP contribution in [0.5, 0.6) is 0 Å². The lowest BCUT2D eigenvalue weighted by Crippen LogP contribution is -2.49. The minimum Gasteiger partial charge on any atom is -0.335 e. The Morgan fingerprint density at radius 3 is 2.21 bits per heavy atom. The second-order valence-corrected chi connectivity index (χ2v) is 4.14. The Morgan fingerprint density at radius 1 is 1.43 bits per heavy atom. The molecule has 14 heavy (non-hydrogen) atoms. The van der Waals surface area contributed by atoms with Crippen LogP contribution < -0.4 is 5.73 Å². The Hall–Kier alpha value is -0.830. The molecule has 0 heterocycles. The molecule has 0 rings (SSSR count). The first-order valence-electron chi connectivity index (χ1n) is 5.08.